The SMILES string of the molecule is COc1ccccc1C1=C(Nc2ccc(N3CCOCC3)cc2)C(=O)NC1=O. The monoisotopic (exact) mass is 379 g/mol. The number of carbonyl (C=O) groups is 2. The van der Waals surface area contributed by atoms with Crippen molar-refractivity contribution in [2.24, 2.45) is 0 Å². The number of methoxy groups -OCH3 is 1. The standard InChI is InChI=1S/C21H21N3O4/c1-27-17-5-3-2-4-16(17)18-19(21(26)23-20(18)25)22-14-6-8-15(9-7-14)24-10-12-28-13-11-24/h2-9H,10-13H2,1H3,(H2,22,23,25,26). The maximum Gasteiger partial charge on any atom is 0.275 e. The molecule has 0 radical (unpaired) electrons. The minimum absolute atomic E-state index is 0.216. The molecule has 28 heavy (non-hydrogen) atoms. The van der Waals surface area contributed by atoms with Crippen molar-refractivity contribution in [3.8, 4) is 5.75 Å². The van der Waals surface area contributed by atoms with Crippen LogP contribution in [0.2, 0.25) is 0 Å². The number of hydrogen-bond acceptors (Lipinski definition) is 6. The smallest absolute Gasteiger partial charge is 0.275 e. The first-order valence-corrected chi connectivity index (χ1v) is 9.10. The van der Waals surface area contributed by atoms with E-state index in [2.05, 4.69) is 15.5 Å². The fraction of sp³-hybridized carbons (Fsp3) is 0.238. The van der Waals surface area contributed by atoms with Crippen molar-refractivity contribution in [3.63, 3.8) is 0 Å². The molecule has 0 bridgehead atoms. The molecule has 0 aromatic heterocycles. The maximum atomic E-state index is 12.4. The summed E-state index contributed by atoms with van der Waals surface area (Å²) in [5.74, 6) is -0.366. The molecule has 2 N–H and O–H groups in total. The average molecular weight is 379 g/mol. The molecule has 2 aliphatic rings. The molecule has 144 valence electrons. The summed E-state index contributed by atoms with van der Waals surface area (Å²) in [7, 11) is 1.53. The number of imide groups is 1. The van der Waals surface area contributed by atoms with Crippen LogP contribution in [0.25, 0.3) is 5.57 Å². The van der Waals surface area contributed by atoms with Crippen LogP contribution in [0.15, 0.2) is 54.2 Å². The van der Waals surface area contributed by atoms with Gasteiger partial charge in [-0.15, -0.1) is 0 Å². The molecular formula is C21H21N3O4. The fourth-order valence-electron chi connectivity index (χ4n) is 3.40. The summed E-state index contributed by atoms with van der Waals surface area (Å²) in [6, 6.07) is 14.9. The molecule has 2 aliphatic heterocycles. The van der Waals surface area contributed by atoms with Crippen molar-refractivity contribution in [1.29, 1.82) is 0 Å². The lowest BCUT2D eigenvalue weighted by Crippen LogP contribution is -2.36. The molecule has 1 saturated heterocycles. The van der Waals surface area contributed by atoms with E-state index in [9.17, 15) is 9.59 Å². The van der Waals surface area contributed by atoms with Crippen molar-refractivity contribution in [2.75, 3.05) is 43.6 Å². The molecule has 7 heteroatoms. The molecule has 0 atom stereocenters. The van der Waals surface area contributed by atoms with Gasteiger partial charge in [0, 0.05) is 30.0 Å². The van der Waals surface area contributed by atoms with Crippen LogP contribution < -0.4 is 20.3 Å². The summed E-state index contributed by atoms with van der Waals surface area (Å²) in [5, 5.41) is 5.46. The third-order valence-electron chi connectivity index (χ3n) is 4.82. The molecule has 7 nitrogen and oxygen atoms in total. The number of nitrogens with zero attached hydrogens (tertiary/aromatic N) is 1. The Kier molecular flexibility index (Phi) is 4.99. The van der Waals surface area contributed by atoms with Crippen LogP contribution >= 0.6 is 0 Å². The summed E-state index contributed by atoms with van der Waals surface area (Å²) < 4.78 is 10.7. The van der Waals surface area contributed by atoms with E-state index < -0.39 is 11.8 Å². The zero-order chi connectivity index (χ0) is 19.5. The number of hydrogen-bond donors (Lipinski definition) is 2. The van der Waals surface area contributed by atoms with Gasteiger partial charge in [-0.2, -0.15) is 0 Å². The molecule has 0 aliphatic carbocycles. The van der Waals surface area contributed by atoms with E-state index in [1.54, 1.807) is 18.2 Å². The minimum atomic E-state index is -0.455. The lowest BCUT2D eigenvalue weighted by atomic mass is 10.0. The van der Waals surface area contributed by atoms with Crippen LogP contribution in [0.4, 0.5) is 11.4 Å². The molecule has 0 unspecified atom stereocenters. The van der Waals surface area contributed by atoms with Gasteiger partial charge >= 0.3 is 0 Å². The lowest BCUT2D eigenvalue weighted by molar-refractivity contribution is -0.123. The summed E-state index contributed by atoms with van der Waals surface area (Å²) in [6.07, 6.45) is 0. The zero-order valence-electron chi connectivity index (χ0n) is 15.5. The number of anilines is 2. The highest BCUT2D eigenvalue weighted by molar-refractivity contribution is 6.37. The highest BCUT2D eigenvalue weighted by Crippen LogP contribution is 2.32. The fourth-order valence-corrected chi connectivity index (χ4v) is 3.40. The topological polar surface area (TPSA) is 79.9 Å². The van der Waals surface area contributed by atoms with E-state index in [1.807, 2.05) is 30.3 Å². The number of benzene rings is 2. The minimum Gasteiger partial charge on any atom is -0.496 e. The summed E-state index contributed by atoms with van der Waals surface area (Å²) in [6.45, 7) is 3.15. The first-order chi connectivity index (χ1) is 13.7. The third kappa shape index (κ3) is 3.44. The Balaban J connectivity index is 1.63. The highest BCUT2D eigenvalue weighted by atomic mass is 16.5. The van der Waals surface area contributed by atoms with Crippen molar-refractivity contribution in [2.45, 2.75) is 0 Å². The van der Waals surface area contributed by atoms with Gasteiger partial charge < -0.3 is 19.7 Å². The highest BCUT2D eigenvalue weighted by Gasteiger charge is 2.33. The van der Waals surface area contributed by atoms with Gasteiger partial charge in [-0.1, -0.05) is 18.2 Å². The van der Waals surface area contributed by atoms with Crippen molar-refractivity contribution in [1.82, 2.24) is 5.32 Å². The first kappa shape index (κ1) is 18.1. The molecule has 0 spiro atoms. The van der Waals surface area contributed by atoms with Gasteiger partial charge in [0.15, 0.2) is 0 Å². The molecule has 4 rings (SSSR count). The van der Waals surface area contributed by atoms with Crippen LogP contribution in [0.5, 0.6) is 5.75 Å². The van der Waals surface area contributed by atoms with Gasteiger partial charge in [-0.3, -0.25) is 14.9 Å². The van der Waals surface area contributed by atoms with Crippen LogP contribution in [0.1, 0.15) is 5.56 Å². The van der Waals surface area contributed by atoms with E-state index in [0.717, 1.165) is 37.7 Å². The van der Waals surface area contributed by atoms with E-state index in [0.29, 0.717) is 11.3 Å². The Morgan fingerprint density at radius 2 is 1.71 bits per heavy atom. The second-order valence-electron chi connectivity index (χ2n) is 6.50. The van der Waals surface area contributed by atoms with Gasteiger partial charge in [0.25, 0.3) is 11.8 Å². The van der Waals surface area contributed by atoms with Gasteiger partial charge in [0.05, 0.1) is 25.9 Å². The molecule has 0 saturated carbocycles. The Morgan fingerprint density at radius 1 is 1.00 bits per heavy atom. The van der Waals surface area contributed by atoms with E-state index >= 15 is 0 Å². The predicted molar refractivity (Wildman–Crippen MR) is 106 cm³/mol. The average Bonchev–Trinajstić information content (AvgIpc) is 3.02. The molecule has 2 heterocycles. The Labute approximate surface area is 162 Å². The second kappa shape index (κ2) is 7.74. The van der Waals surface area contributed by atoms with Gasteiger partial charge in [-0.05, 0) is 30.3 Å². The molecule has 2 aromatic rings. The largest absolute Gasteiger partial charge is 0.496 e. The molecule has 2 aromatic carbocycles. The predicted octanol–water partition coefficient (Wildman–Crippen LogP) is 2.01. The van der Waals surface area contributed by atoms with Crippen LogP contribution in [0, 0.1) is 0 Å². The normalized spacial score (nSPS) is 17.0. The summed E-state index contributed by atoms with van der Waals surface area (Å²) >= 11 is 0. The lowest BCUT2D eigenvalue weighted by Gasteiger charge is -2.29. The third-order valence-corrected chi connectivity index (χ3v) is 4.82. The Hall–Kier alpha value is -3.32. The number of ether oxygens (including phenoxy) is 2. The number of para-hydroxylation sites is 1. The molecule has 2 amide bonds. The summed E-state index contributed by atoms with van der Waals surface area (Å²) in [4.78, 5) is 27.0. The number of morpholine rings is 1. The van der Waals surface area contributed by atoms with Gasteiger partial charge in [0.2, 0.25) is 0 Å². The number of carbonyl (C=O) groups excluding carboxylic acids is 2. The van der Waals surface area contributed by atoms with Crippen molar-refractivity contribution < 1.29 is 19.1 Å². The maximum absolute atomic E-state index is 12.4. The van der Waals surface area contributed by atoms with Crippen molar-refractivity contribution >= 4 is 28.8 Å². The van der Waals surface area contributed by atoms with E-state index in [4.69, 9.17) is 9.47 Å². The van der Waals surface area contributed by atoms with Crippen LogP contribution in [-0.2, 0) is 14.3 Å². The Bertz CT molecular complexity index is 931. The Morgan fingerprint density at radius 3 is 2.43 bits per heavy atom. The van der Waals surface area contributed by atoms with Crippen LogP contribution in [-0.4, -0.2) is 45.2 Å². The quantitative estimate of drug-likeness (QED) is 0.774. The van der Waals surface area contributed by atoms with Gasteiger partial charge in [-0.25, -0.2) is 0 Å². The first-order valence-electron chi connectivity index (χ1n) is 9.10. The van der Waals surface area contributed by atoms with Gasteiger partial charge in [0.1, 0.15) is 11.4 Å². The van der Waals surface area contributed by atoms with E-state index in [1.165, 1.54) is 7.11 Å². The molecular weight excluding hydrogens is 358 g/mol. The molecule has 1 fully saturated rings. The number of rotatable bonds is 5. The zero-order valence-corrected chi connectivity index (χ0v) is 15.5. The van der Waals surface area contributed by atoms with Crippen molar-refractivity contribution in [3.05, 3.63) is 59.8 Å². The number of amides is 2. The number of nitrogens with one attached hydrogen (secondary N) is 2. The van der Waals surface area contributed by atoms with Crippen LogP contribution in [0.3, 0.4) is 0 Å². The second-order valence-corrected chi connectivity index (χ2v) is 6.50. The van der Waals surface area contributed by atoms with E-state index in [-0.39, 0.29) is 11.3 Å². The summed E-state index contributed by atoms with van der Waals surface area (Å²) in [5.41, 5.74) is 2.89.